The zero-order valence-electron chi connectivity index (χ0n) is 14.8. The number of unbranched alkanes of at least 4 members (excludes halogenated alkanes) is 5. The lowest BCUT2D eigenvalue weighted by Gasteiger charge is -2.21. The van der Waals surface area contributed by atoms with Gasteiger partial charge in [-0.3, -0.25) is 4.79 Å². The van der Waals surface area contributed by atoms with Crippen LogP contribution in [-0.2, 0) is 16.1 Å². The lowest BCUT2D eigenvalue weighted by atomic mass is 10.1. The fourth-order valence-corrected chi connectivity index (χ4v) is 3.50. The molecule has 1 aromatic heterocycles. The van der Waals surface area contributed by atoms with Gasteiger partial charge in [-0.2, -0.15) is 0 Å². The van der Waals surface area contributed by atoms with Crippen LogP contribution >= 0.6 is 11.3 Å². The highest BCUT2D eigenvalue weighted by molar-refractivity contribution is 7.09. The molecule has 1 fully saturated rings. The molecule has 1 aromatic rings. The largest absolute Gasteiger partial charge is 0.464 e. The van der Waals surface area contributed by atoms with Crippen LogP contribution in [0.3, 0.4) is 0 Å². The van der Waals surface area contributed by atoms with E-state index < -0.39 is 5.97 Å². The van der Waals surface area contributed by atoms with Crippen molar-refractivity contribution in [2.24, 2.45) is 0 Å². The summed E-state index contributed by atoms with van der Waals surface area (Å²) < 4.78 is 4.68. The molecule has 1 aliphatic rings. The van der Waals surface area contributed by atoms with Crippen LogP contribution in [0.4, 0.5) is 0 Å². The Bertz CT molecular complexity index is 540. The molecular weight excluding hydrogens is 324 g/mol. The number of hydrogen-bond donors (Lipinski definition) is 0. The lowest BCUT2D eigenvalue weighted by molar-refractivity contribution is -0.132. The van der Waals surface area contributed by atoms with Crippen molar-refractivity contribution in [2.45, 2.75) is 77.3 Å². The molecule has 6 heteroatoms. The Morgan fingerprint density at radius 2 is 1.96 bits per heavy atom. The van der Waals surface area contributed by atoms with Gasteiger partial charge in [0, 0.05) is 17.8 Å². The van der Waals surface area contributed by atoms with Crippen molar-refractivity contribution in [1.82, 2.24) is 9.88 Å². The minimum absolute atomic E-state index is 0.225. The highest BCUT2D eigenvalue weighted by atomic mass is 32.1. The summed E-state index contributed by atoms with van der Waals surface area (Å²) in [7, 11) is 1.35. The minimum Gasteiger partial charge on any atom is -0.464 e. The summed E-state index contributed by atoms with van der Waals surface area (Å²) in [6, 6.07) is 0.364. The topological polar surface area (TPSA) is 59.5 Å². The maximum atomic E-state index is 12.5. The van der Waals surface area contributed by atoms with E-state index >= 15 is 0 Å². The van der Waals surface area contributed by atoms with Gasteiger partial charge in [-0.05, 0) is 19.3 Å². The van der Waals surface area contributed by atoms with Gasteiger partial charge in [0.2, 0.25) is 5.91 Å². The van der Waals surface area contributed by atoms with Gasteiger partial charge in [0.1, 0.15) is 5.01 Å². The summed E-state index contributed by atoms with van der Waals surface area (Å²) in [4.78, 5) is 30.3. The smallest absolute Gasteiger partial charge is 0.357 e. The molecule has 2 rings (SSSR count). The number of nitrogens with zero attached hydrogens (tertiary/aromatic N) is 2. The Balaban J connectivity index is 1.80. The van der Waals surface area contributed by atoms with Gasteiger partial charge >= 0.3 is 5.97 Å². The minimum atomic E-state index is -0.422. The van der Waals surface area contributed by atoms with E-state index in [1.165, 1.54) is 44.1 Å². The van der Waals surface area contributed by atoms with Crippen LogP contribution in [-0.4, -0.2) is 34.9 Å². The summed E-state index contributed by atoms with van der Waals surface area (Å²) in [6.07, 6.45) is 9.91. The van der Waals surface area contributed by atoms with Crippen LogP contribution in [0.2, 0.25) is 0 Å². The molecule has 1 heterocycles. The van der Waals surface area contributed by atoms with Crippen molar-refractivity contribution in [3.05, 3.63) is 16.1 Å². The van der Waals surface area contributed by atoms with E-state index in [1.807, 2.05) is 4.90 Å². The fourth-order valence-electron chi connectivity index (χ4n) is 2.73. The third kappa shape index (κ3) is 5.89. The first-order valence-corrected chi connectivity index (χ1v) is 9.85. The molecule has 0 saturated heterocycles. The van der Waals surface area contributed by atoms with Gasteiger partial charge in [0.05, 0.1) is 13.7 Å². The second-order valence-electron chi connectivity index (χ2n) is 6.39. The van der Waals surface area contributed by atoms with Crippen LogP contribution in [0.25, 0.3) is 0 Å². The highest BCUT2D eigenvalue weighted by Gasteiger charge is 2.32. The van der Waals surface area contributed by atoms with Crippen molar-refractivity contribution in [2.75, 3.05) is 7.11 Å². The molecule has 0 aromatic carbocycles. The Hall–Kier alpha value is -1.43. The number of esters is 1. The number of carbonyl (C=O) groups is 2. The average Bonchev–Trinajstić information content (AvgIpc) is 3.32. The molecule has 0 N–H and O–H groups in total. The predicted molar refractivity (Wildman–Crippen MR) is 95.0 cm³/mol. The molecule has 24 heavy (non-hydrogen) atoms. The number of hydrogen-bond acceptors (Lipinski definition) is 5. The van der Waals surface area contributed by atoms with Gasteiger partial charge in [-0.25, -0.2) is 9.78 Å². The fraction of sp³-hybridized carbons (Fsp3) is 0.722. The summed E-state index contributed by atoms with van der Waals surface area (Å²) in [6.45, 7) is 2.72. The SMILES string of the molecule is CCCCCCCCC(=O)N(Cc1nc(C(=O)OC)cs1)C1CC1. The molecule has 134 valence electrons. The van der Waals surface area contributed by atoms with Crippen LogP contribution < -0.4 is 0 Å². The Labute approximate surface area is 148 Å². The van der Waals surface area contributed by atoms with E-state index in [9.17, 15) is 9.59 Å². The van der Waals surface area contributed by atoms with Gasteiger partial charge in [0.15, 0.2) is 5.69 Å². The van der Waals surface area contributed by atoms with Crippen molar-refractivity contribution in [1.29, 1.82) is 0 Å². The molecular formula is C18H28N2O3S. The zero-order valence-corrected chi connectivity index (χ0v) is 15.6. The van der Waals surface area contributed by atoms with E-state index in [1.54, 1.807) is 5.38 Å². The molecule has 0 aliphatic heterocycles. The van der Waals surface area contributed by atoms with Crippen molar-refractivity contribution in [3.8, 4) is 0 Å². The normalized spacial score (nSPS) is 13.8. The lowest BCUT2D eigenvalue weighted by Crippen LogP contribution is -2.32. The zero-order chi connectivity index (χ0) is 17.4. The van der Waals surface area contributed by atoms with E-state index in [-0.39, 0.29) is 5.91 Å². The van der Waals surface area contributed by atoms with Gasteiger partial charge < -0.3 is 9.64 Å². The first kappa shape index (κ1) is 18.9. The quantitative estimate of drug-likeness (QED) is 0.443. The van der Waals surface area contributed by atoms with Crippen molar-refractivity contribution >= 4 is 23.2 Å². The molecule has 0 unspecified atom stereocenters. The van der Waals surface area contributed by atoms with E-state index in [2.05, 4.69) is 16.6 Å². The summed E-state index contributed by atoms with van der Waals surface area (Å²) in [5, 5.41) is 2.50. The third-order valence-electron chi connectivity index (χ3n) is 4.30. The van der Waals surface area contributed by atoms with Crippen molar-refractivity contribution < 1.29 is 14.3 Å². The van der Waals surface area contributed by atoms with E-state index in [0.717, 1.165) is 30.7 Å². The first-order valence-electron chi connectivity index (χ1n) is 8.98. The van der Waals surface area contributed by atoms with Crippen LogP contribution in [0.5, 0.6) is 0 Å². The molecule has 1 amide bonds. The number of thiazole rings is 1. The molecule has 0 radical (unpaired) electrons. The third-order valence-corrected chi connectivity index (χ3v) is 5.14. The number of amides is 1. The molecule has 0 spiro atoms. The number of aromatic nitrogens is 1. The van der Waals surface area contributed by atoms with Gasteiger partial charge in [-0.1, -0.05) is 39.0 Å². The van der Waals surface area contributed by atoms with Crippen LogP contribution in [0, 0.1) is 0 Å². The predicted octanol–water partition coefficient (Wildman–Crippen LogP) is 4.17. The molecule has 0 bridgehead atoms. The Kier molecular flexibility index (Phi) is 7.69. The number of carbonyl (C=O) groups excluding carboxylic acids is 2. The van der Waals surface area contributed by atoms with Gasteiger partial charge in [0.25, 0.3) is 0 Å². The second-order valence-corrected chi connectivity index (χ2v) is 7.33. The van der Waals surface area contributed by atoms with E-state index in [4.69, 9.17) is 0 Å². The maximum Gasteiger partial charge on any atom is 0.357 e. The summed E-state index contributed by atoms with van der Waals surface area (Å²) >= 11 is 1.42. The monoisotopic (exact) mass is 352 g/mol. The van der Waals surface area contributed by atoms with Crippen LogP contribution in [0.15, 0.2) is 5.38 Å². The van der Waals surface area contributed by atoms with Crippen molar-refractivity contribution in [3.63, 3.8) is 0 Å². The number of methoxy groups -OCH3 is 1. The summed E-state index contributed by atoms with van der Waals surface area (Å²) in [5.74, 6) is -0.198. The van der Waals surface area contributed by atoms with Gasteiger partial charge in [-0.15, -0.1) is 11.3 Å². The molecule has 5 nitrogen and oxygen atoms in total. The summed E-state index contributed by atoms with van der Waals surface area (Å²) in [5.41, 5.74) is 0.330. The number of ether oxygens (including phenoxy) is 1. The average molecular weight is 353 g/mol. The highest BCUT2D eigenvalue weighted by Crippen LogP contribution is 2.30. The van der Waals surface area contributed by atoms with Crippen LogP contribution in [0.1, 0.15) is 80.2 Å². The maximum absolute atomic E-state index is 12.5. The standard InChI is InChI=1S/C18H28N2O3S/c1-3-4-5-6-7-8-9-17(21)20(14-10-11-14)12-16-19-15(13-24-16)18(22)23-2/h13-14H,3-12H2,1-2H3. The first-order chi connectivity index (χ1) is 11.7. The Morgan fingerprint density at radius 1 is 1.25 bits per heavy atom. The van der Waals surface area contributed by atoms with E-state index in [0.29, 0.717) is 24.7 Å². The molecule has 0 atom stereocenters. The molecule has 1 saturated carbocycles. The Morgan fingerprint density at radius 3 is 2.62 bits per heavy atom. The number of rotatable bonds is 11. The molecule has 1 aliphatic carbocycles. The second kappa shape index (κ2) is 9.77.